The van der Waals surface area contributed by atoms with E-state index in [1.807, 2.05) is 25.2 Å². The number of methoxy groups -OCH3 is 1. The topological polar surface area (TPSA) is 71.9 Å². The maximum Gasteiger partial charge on any atom is 0.279 e. The SMILES string of the molecule is COc1cccc(NC(=O)C[NH+](C)CC(=O)NC2CCCCC2)c1. The van der Waals surface area contributed by atoms with Gasteiger partial charge in [-0.1, -0.05) is 25.3 Å². The van der Waals surface area contributed by atoms with Crippen molar-refractivity contribution < 1.29 is 19.2 Å². The second kappa shape index (κ2) is 9.27. The number of amides is 2. The highest BCUT2D eigenvalue weighted by Gasteiger charge is 2.19. The van der Waals surface area contributed by atoms with Crippen molar-refractivity contribution in [3.63, 3.8) is 0 Å². The van der Waals surface area contributed by atoms with E-state index in [0.29, 0.717) is 24.0 Å². The number of hydrogen-bond acceptors (Lipinski definition) is 3. The molecule has 0 radical (unpaired) electrons. The molecular formula is C18H28N3O3+. The first-order valence-corrected chi connectivity index (χ1v) is 8.61. The summed E-state index contributed by atoms with van der Waals surface area (Å²) in [5.74, 6) is 0.597. The van der Waals surface area contributed by atoms with Crippen LogP contribution < -0.4 is 20.3 Å². The minimum Gasteiger partial charge on any atom is -0.497 e. The van der Waals surface area contributed by atoms with E-state index in [9.17, 15) is 9.59 Å². The van der Waals surface area contributed by atoms with E-state index >= 15 is 0 Å². The Morgan fingerprint density at radius 1 is 1.17 bits per heavy atom. The van der Waals surface area contributed by atoms with E-state index in [1.165, 1.54) is 19.3 Å². The summed E-state index contributed by atoms with van der Waals surface area (Å²) in [6.45, 7) is 0.553. The molecular weight excluding hydrogens is 306 g/mol. The summed E-state index contributed by atoms with van der Waals surface area (Å²) in [6, 6.07) is 7.53. The number of rotatable bonds is 7. The number of anilines is 1. The normalized spacial score (nSPS) is 16.2. The second-order valence-corrected chi connectivity index (χ2v) is 6.49. The van der Waals surface area contributed by atoms with Crippen molar-refractivity contribution in [2.75, 3.05) is 32.6 Å². The van der Waals surface area contributed by atoms with Crippen LogP contribution in [0.25, 0.3) is 0 Å². The molecule has 1 aromatic carbocycles. The number of benzene rings is 1. The Bertz CT molecular complexity index is 556. The van der Waals surface area contributed by atoms with Crippen molar-refractivity contribution in [3.05, 3.63) is 24.3 Å². The highest BCUT2D eigenvalue weighted by Crippen LogP contribution is 2.17. The largest absolute Gasteiger partial charge is 0.497 e. The van der Waals surface area contributed by atoms with Crippen LogP contribution in [0.15, 0.2) is 24.3 Å². The Hall–Kier alpha value is -2.08. The Kier molecular flexibility index (Phi) is 7.06. The molecule has 0 bridgehead atoms. The van der Waals surface area contributed by atoms with Crippen molar-refractivity contribution in [1.29, 1.82) is 0 Å². The zero-order chi connectivity index (χ0) is 17.4. The predicted octanol–water partition coefficient (Wildman–Crippen LogP) is 0.597. The van der Waals surface area contributed by atoms with Gasteiger partial charge in [0.25, 0.3) is 11.8 Å². The van der Waals surface area contributed by atoms with Crippen molar-refractivity contribution in [2.24, 2.45) is 0 Å². The molecule has 0 aromatic heterocycles. The van der Waals surface area contributed by atoms with Crippen molar-refractivity contribution in [3.8, 4) is 5.75 Å². The maximum absolute atomic E-state index is 12.1. The van der Waals surface area contributed by atoms with Crippen LogP contribution in [0.3, 0.4) is 0 Å². The van der Waals surface area contributed by atoms with Gasteiger partial charge in [0.05, 0.1) is 14.2 Å². The zero-order valence-electron chi connectivity index (χ0n) is 14.6. The van der Waals surface area contributed by atoms with Crippen LogP contribution in [0, 0.1) is 0 Å². The average Bonchev–Trinajstić information content (AvgIpc) is 2.55. The molecule has 1 atom stereocenters. The molecule has 1 aromatic rings. The van der Waals surface area contributed by atoms with Crippen LogP contribution in [0.1, 0.15) is 32.1 Å². The molecule has 2 amide bonds. The molecule has 6 nitrogen and oxygen atoms in total. The molecule has 24 heavy (non-hydrogen) atoms. The van der Waals surface area contributed by atoms with Crippen molar-refractivity contribution in [1.82, 2.24) is 5.32 Å². The number of hydrogen-bond donors (Lipinski definition) is 3. The van der Waals surface area contributed by atoms with Crippen LogP contribution in [-0.4, -0.2) is 45.1 Å². The minimum atomic E-state index is -0.119. The third-order valence-electron chi connectivity index (χ3n) is 4.25. The van der Waals surface area contributed by atoms with E-state index in [2.05, 4.69) is 10.6 Å². The van der Waals surface area contributed by atoms with Crippen LogP contribution in [0.5, 0.6) is 5.75 Å². The van der Waals surface area contributed by atoms with Crippen LogP contribution in [0.2, 0.25) is 0 Å². The number of quaternary nitrogens is 1. The molecule has 0 heterocycles. The van der Waals surface area contributed by atoms with Gasteiger partial charge in [-0.05, 0) is 25.0 Å². The van der Waals surface area contributed by atoms with Crippen LogP contribution in [0.4, 0.5) is 5.69 Å². The van der Waals surface area contributed by atoms with E-state index in [4.69, 9.17) is 4.74 Å². The van der Waals surface area contributed by atoms with E-state index in [1.54, 1.807) is 13.2 Å². The van der Waals surface area contributed by atoms with Gasteiger partial charge in [-0.15, -0.1) is 0 Å². The van der Waals surface area contributed by atoms with Crippen LogP contribution in [-0.2, 0) is 9.59 Å². The van der Waals surface area contributed by atoms with Gasteiger partial charge in [0.15, 0.2) is 13.1 Å². The van der Waals surface area contributed by atoms with Gasteiger partial charge in [0, 0.05) is 17.8 Å². The lowest BCUT2D eigenvalue weighted by Crippen LogP contribution is -3.11. The lowest BCUT2D eigenvalue weighted by Gasteiger charge is -2.23. The molecule has 0 saturated heterocycles. The molecule has 6 heteroatoms. The first kappa shape index (κ1) is 18.3. The summed E-state index contributed by atoms with van der Waals surface area (Å²) in [7, 11) is 3.44. The summed E-state index contributed by atoms with van der Waals surface area (Å²) in [5.41, 5.74) is 0.693. The molecule has 1 saturated carbocycles. The summed E-state index contributed by atoms with van der Waals surface area (Å²) in [4.78, 5) is 25.0. The first-order valence-electron chi connectivity index (χ1n) is 8.61. The second-order valence-electron chi connectivity index (χ2n) is 6.49. The van der Waals surface area contributed by atoms with Crippen molar-refractivity contribution >= 4 is 17.5 Å². The zero-order valence-corrected chi connectivity index (χ0v) is 14.6. The Balaban J connectivity index is 1.73. The molecule has 132 valence electrons. The van der Waals surface area contributed by atoms with Crippen molar-refractivity contribution in [2.45, 2.75) is 38.1 Å². The molecule has 1 aliphatic carbocycles. The fourth-order valence-corrected chi connectivity index (χ4v) is 3.04. The molecule has 0 aliphatic heterocycles. The smallest absolute Gasteiger partial charge is 0.279 e. The Labute approximate surface area is 143 Å². The summed E-state index contributed by atoms with van der Waals surface area (Å²) >= 11 is 0. The van der Waals surface area contributed by atoms with Gasteiger partial charge in [-0.25, -0.2) is 0 Å². The van der Waals surface area contributed by atoms with Gasteiger partial charge in [0.2, 0.25) is 0 Å². The fraction of sp³-hybridized carbons (Fsp3) is 0.556. The molecule has 1 fully saturated rings. The standard InChI is InChI=1S/C18H27N3O3/c1-21(12-17(22)19-14-7-4-3-5-8-14)13-18(23)20-15-9-6-10-16(11-15)24-2/h6,9-11,14H,3-5,7-8,12-13H2,1-2H3,(H,19,22)(H,20,23)/p+1. The van der Waals surface area contributed by atoms with Gasteiger partial charge < -0.3 is 20.3 Å². The predicted molar refractivity (Wildman–Crippen MR) is 93.3 cm³/mol. The molecule has 2 rings (SSSR count). The van der Waals surface area contributed by atoms with Gasteiger partial charge in [-0.2, -0.15) is 0 Å². The van der Waals surface area contributed by atoms with Crippen LogP contribution >= 0.6 is 0 Å². The number of ether oxygens (including phenoxy) is 1. The minimum absolute atomic E-state index is 0.0218. The van der Waals surface area contributed by atoms with Gasteiger partial charge in [-0.3, -0.25) is 9.59 Å². The monoisotopic (exact) mass is 334 g/mol. The number of likely N-dealkylation sites (N-methyl/N-ethyl adjacent to an activating group) is 1. The van der Waals surface area contributed by atoms with E-state index in [-0.39, 0.29) is 18.4 Å². The van der Waals surface area contributed by atoms with E-state index in [0.717, 1.165) is 17.7 Å². The highest BCUT2D eigenvalue weighted by molar-refractivity contribution is 5.91. The summed E-state index contributed by atoms with van der Waals surface area (Å²) in [5, 5.41) is 5.91. The van der Waals surface area contributed by atoms with Gasteiger partial charge >= 0.3 is 0 Å². The Morgan fingerprint density at radius 2 is 1.88 bits per heavy atom. The molecule has 3 N–H and O–H groups in total. The number of nitrogens with one attached hydrogen (secondary N) is 3. The first-order chi connectivity index (χ1) is 11.6. The van der Waals surface area contributed by atoms with Gasteiger partial charge in [0.1, 0.15) is 5.75 Å². The third-order valence-corrected chi connectivity index (χ3v) is 4.25. The van der Waals surface area contributed by atoms with E-state index < -0.39 is 0 Å². The highest BCUT2D eigenvalue weighted by atomic mass is 16.5. The fourth-order valence-electron chi connectivity index (χ4n) is 3.04. The summed E-state index contributed by atoms with van der Waals surface area (Å²) in [6.07, 6.45) is 5.79. The molecule has 1 aliphatic rings. The maximum atomic E-state index is 12.1. The Morgan fingerprint density at radius 3 is 2.58 bits per heavy atom. The molecule has 0 spiro atoms. The third kappa shape index (κ3) is 6.20. The number of carbonyl (C=O) groups excluding carboxylic acids is 2. The quantitative estimate of drug-likeness (QED) is 0.684. The summed E-state index contributed by atoms with van der Waals surface area (Å²) < 4.78 is 5.13. The lowest BCUT2D eigenvalue weighted by atomic mass is 9.95. The number of carbonyl (C=O) groups is 2. The molecule has 1 unspecified atom stereocenters. The average molecular weight is 334 g/mol. The lowest BCUT2D eigenvalue weighted by molar-refractivity contribution is -0.862.